The summed E-state index contributed by atoms with van der Waals surface area (Å²) < 4.78 is 40.8. The third-order valence-corrected chi connectivity index (χ3v) is 5.28. The lowest BCUT2D eigenvalue weighted by molar-refractivity contribution is 0.0920. The standard InChI is InChI=1S/C20H24FN3O4S/c1-5-22-29(27,28)13-10-11-16(21)15(12-13)18(25)23-17-9-7-6-8-14(17)19(26)24-20(2,3)4/h6-12,22H,5H2,1-4H3,(H,23,25)(H,24,26). The number of benzene rings is 2. The average Bonchev–Trinajstić information content (AvgIpc) is 2.60. The highest BCUT2D eigenvalue weighted by Gasteiger charge is 2.22. The predicted molar refractivity (Wildman–Crippen MR) is 109 cm³/mol. The van der Waals surface area contributed by atoms with Crippen molar-refractivity contribution in [3.05, 3.63) is 59.4 Å². The lowest BCUT2D eigenvalue weighted by Gasteiger charge is -2.21. The van der Waals surface area contributed by atoms with E-state index in [1.165, 1.54) is 12.1 Å². The first-order valence-corrected chi connectivity index (χ1v) is 10.4. The van der Waals surface area contributed by atoms with Crippen LogP contribution in [0.2, 0.25) is 0 Å². The highest BCUT2D eigenvalue weighted by Crippen LogP contribution is 2.20. The fraction of sp³-hybridized carbons (Fsp3) is 0.300. The Morgan fingerprint density at radius 1 is 1.00 bits per heavy atom. The summed E-state index contributed by atoms with van der Waals surface area (Å²) >= 11 is 0. The Balaban J connectivity index is 2.36. The summed E-state index contributed by atoms with van der Waals surface area (Å²) in [6, 6.07) is 9.24. The number of carbonyl (C=O) groups is 2. The zero-order valence-corrected chi connectivity index (χ0v) is 17.5. The molecule has 0 heterocycles. The van der Waals surface area contributed by atoms with Gasteiger partial charge in [0.05, 0.1) is 21.7 Å². The molecule has 2 amide bonds. The summed E-state index contributed by atoms with van der Waals surface area (Å²) in [5, 5.41) is 5.28. The SMILES string of the molecule is CCNS(=O)(=O)c1ccc(F)c(C(=O)Nc2ccccc2C(=O)NC(C)(C)C)c1. The van der Waals surface area contributed by atoms with Gasteiger partial charge in [0.25, 0.3) is 11.8 Å². The van der Waals surface area contributed by atoms with Crippen molar-refractivity contribution in [2.24, 2.45) is 0 Å². The van der Waals surface area contributed by atoms with Gasteiger partial charge in [0, 0.05) is 12.1 Å². The van der Waals surface area contributed by atoms with E-state index in [9.17, 15) is 22.4 Å². The number of hydrogen-bond donors (Lipinski definition) is 3. The van der Waals surface area contributed by atoms with Crippen molar-refractivity contribution in [3.8, 4) is 0 Å². The van der Waals surface area contributed by atoms with E-state index in [1.54, 1.807) is 19.1 Å². The third-order valence-electron chi connectivity index (χ3n) is 3.74. The predicted octanol–water partition coefficient (Wildman–Crippen LogP) is 2.90. The number of anilines is 1. The molecule has 0 unspecified atom stereocenters. The normalized spacial score (nSPS) is 11.8. The number of rotatable bonds is 6. The lowest BCUT2D eigenvalue weighted by Crippen LogP contribution is -2.40. The fourth-order valence-corrected chi connectivity index (χ4v) is 3.57. The van der Waals surface area contributed by atoms with E-state index < -0.39 is 38.8 Å². The Kier molecular flexibility index (Phi) is 6.76. The van der Waals surface area contributed by atoms with Crippen LogP contribution in [0, 0.1) is 5.82 Å². The van der Waals surface area contributed by atoms with E-state index in [-0.39, 0.29) is 22.7 Å². The molecule has 0 saturated heterocycles. The minimum absolute atomic E-state index is 0.150. The van der Waals surface area contributed by atoms with E-state index in [0.29, 0.717) is 0 Å². The molecule has 3 N–H and O–H groups in total. The van der Waals surface area contributed by atoms with Gasteiger partial charge in [0.1, 0.15) is 5.82 Å². The number of sulfonamides is 1. The van der Waals surface area contributed by atoms with Gasteiger partial charge in [0.2, 0.25) is 10.0 Å². The van der Waals surface area contributed by atoms with Crippen molar-refractivity contribution < 1.29 is 22.4 Å². The van der Waals surface area contributed by atoms with Gasteiger partial charge >= 0.3 is 0 Å². The van der Waals surface area contributed by atoms with E-state index >= 15 is 0 Å². The molecule has 0 bridgehead atoms. The van der Waals surface area contributed by atoms with Crippen LogP contribution in [0.1, 0.15) is 48.4 Å². The Bertz CT molecular complexity index is 1030. The van der Waals surface area contributed by atoms with Crippen LogP contribution in [0.15, 0.2) is 47.4 Å². The van der Waals surface area contributed by atoms with Gasteiger partial charge < -0.3 is 10.6 Å². The molecule has 2 aromatic rings. The molecule has 7 nitrogen and oxygen atoms in total. The summed E-state index contributed by atoms with van der Waals surface area (Å²) in [6.45, 7) is 7.21. The van der Waals surface area contributed by atoms with Crippen LogP contribution < -0.4 is 15.4 Å². The molecule has 0 fully saturated rings. The monoisotopic (exact) mass is 421 g/mol. The second kappa shape index (κ2) is 8.71. The molecule has 0 spiro atoms. The maximum absolute atomic E-state index is 14.2. The quantitative estimate of drug-likeness (QED) is 0.667. The van der Waals surface area contributed by atoms with Crippen molar-refractivity contribution in [1.82, 2.24) is 10.0 Å². The van der Waals surface area contributed by atoms with Crippen molar-refractivity contribution in [1.29, 1.82) is 0 Å². The van der Waals surface area contributed by atoms with Crippen LogP contribution in [0.25, 0.3) is 0 Å². The van der Waals surface area contributed by atoms with Gasteiger partial charge in [-0.15, -0.1) is 0 Å². The van der Waals surface area contributed by atoms with Gasteiger partial charge in [0.15, 0.2) is 0 Å². The molecule has 0 radical (unpaired) electrons. The minimum atomic E-state index is -3.86. The van der Waals surface area contributed by atoms with Gasteiger partial charge in [-0.25, -0.2) is 17.5 Å². The average molecular weight is 421 g/mol. The maximum Gasteiger partial charge on any atom is 0.258 e. The molecule has 2 rings (SSSR count). The molecule has 0 aromatic heterocycles. The van der Waals surface area contributed by atoms with Gasteiger partial charge in [-0.3, -0.25) is 9.59 Å². The van der Waals surface area contributed by atoms with Crippen LogP contribution in [-0.2, 0) is 10.0 Å². The molecule has 0 atom stereocenters. The number of hydrogen-bond acceptors (Lipinski definition) is 4. The molecule has 29 heavy (non-hydrogen) atoms. The zero-order chi connectivity index (χ0) is 21.8. The molecule has 156 valence electrons. The van der Waals surface area contributed by atoms with Crippen LogP contribution in [-0.4, -0.2) is 32.3 Å². The van der Waals surface area contributed by atoms with E-state index in [2.05, 4.69) is 15.4 Å². The number of halogens is 1. The van der Waals surface area contributed by atoms with E-state index in [1.807, 2.05) is 20.8 Å². The second-order valence-corrected chi connectivity index (χ2v) is 9.11. The Morgan fingerprint density at radius 2 is 1.66 bits per heavy atom. The number of para-hydroxylation sites is 1. The summed E-state index contributed by atoms with van der Waals surface area (Å²) in [5.41, 5.74) is -0.559. The Hall–Kier alpha value is -2.78. The minimum Gasteiger partial charge on any atom is -0.347 e. The van der Waals surface area contributed by atoms with E-state index in [4.69, 9.17) is 0 Å². The summed E-state index contributed by atoms with van der Waals surface area (Å²) in [5.74, 6) is -2.15. The number of nitrogens with one attached hydrogen (secondary N) is 3. The molecule has 0 aliphatic rings. The van der Waals surface area contributed by atoms with E-state index in [0.717, 1.165) is 18.2 Å². The molecule has 2 aromatic carbocycles. The maximum atomic E-state index is 14.2. The van der Waals surface area contributed by atoms with Crippen molar-refractivity contribution in [3.63, 3.8) is 0 Å². The van der Waals surface area contributed by atoms with Crippen LogP contribution in [0.5, 0.6) is 0 Å². The summed E-state index contributed by atoms with van der Waals surface area (Å²) in [7, 11) is -3.86. The third kappa shape index (κ3) is 5.85. The zero-order valence-electron chi connectivity index (χ0n) is 16.7. The largest absolute Gasteiger partial charge is 0.347 e. The summed E-state index contributed by atoms with van der Waals surface area (Å²) in [4.78, 5) is 24.9. The smallest absolute Gasteiger partial charge is 0.258 e. The fourth-order valence-electron chi connectivity index (χ4n) is 2.51. The first kappa shape index (κ1) is 22.5. The molecular formula is C20H24FN3O4S. The van der Waals surface area contributed by atoms with Crippen LogP contribution in [0.3, 0.4) is 0 Å². The first-order chi connectivity index (χ1) is 13.4. The first-order valence-electron chi connectivity index (χ1n) is 8.96. The van der Waals surface area contributed by atoms with Crippen molar-refractivity contribution in [2.75, 3.05) is 11.9 Å². The molecule has 0 aliphatic heterocycles. The van der Waals surface area contributed by atoms with Crippen molar-refractivity contribution >= 4 is 27.5 Å². The summed E-state index contributed by atoms with van der Waals surface area (Å²) in [6.07, 6.45) is 0. The molecular weight excluding hydrogens is 397 g/mol. The number of carbonyl (C=O) groups excluding carboxylic acids is 2. The van der Waals surface area contributed by atoms with Gasteiger partial charge in [-0.05, 0) is 51.1 Å². The van der Waals surface area contributed by atoms with Crippen molar-refractivity contribution in [2.45, 2.75) is 38.1 Å². The molecule has 0 aliphatic carbocycles. The van der Waals surface area contributed by atoms with Crippen LogP contribution in [0.4, 0.5) is 10.1 Å². The van der Waals surface area contributed by atoms with Crippen LogP contribution >= 0.6 is 0 Å². The highest BCUT2D eigenvalue weighted by atomic mass is 32.2. The molecule has 9 heteroatoms. The highest BCUT2D eigenvalue weighted by molar-refractivity contribution is 7.89. The Labute approximate surface area is 169 Å². The number of amides is 2. The lowest BCUT2D eigenvalue weighted by atomic mass is 10.1. The van der Waals surface area contributed by atoms with Gasteiger partial charge in [-0.1, -0.05) is 19.1 Å². The molecule has 0 saturated carbocycles. The van der Waals surface area contributed by atoms with Gasteiger partial charge in [-0.2, -0.15) is 0 Å². The topological polar surface area (TPSA) is 104 Å². The second-order valence-electron chi connectivity index (χ2n) is 7.35. The Morgan fingerprint density at radius 3 is 2.28 bits per heavy atom.